The Morgan fingerprint density at radius 2 is 1.72 bits per heavy atom. The Labute approximate surface area is 175 Å². The zero-order chi connectivity index (χ0) is 20.8. The molecule has 0 aromatic heterocycles. The first kappa shape index (κ1) is 20.9. The molecule has 0 bridgehead atoms. The first-order valence-electron chi connectivity index (χ1n) is 9.37. The molecule has 7 heteroatoms. The van der Waals surface area contributed by atoms with Crippen molar-refractivity contribution in [2.75, 3.05) is 45.3 Å². The van der Waals surface area contributed by atoms with Crippen molar-refractivity contribution in [2.45, 2.75) is 0 Å². The predicted molar refractivity (Wildman–Crippen MR) is 115 cm³/mol. The van der Waals surface area contributed by atoms with Crippen LogP contribution in [0.4, 0.5) is 5.69 Å². The maximum absolute atomic E-state index is 13.1. The Balaban J connectivity index is 1.89. The van der Waals surface area contributed by atoms with Crippen LogP contribution in [0.25, 0.3) is 6.08 Å². The van der Waals surface area contributed by atoms with E-state index in [1.807, 2.05) is 43.3 Å². The van der Waals surface area contributed by atoms with Gasteiger partial charge in [-0.25, -0.2) is 0 Å². The summed E-state index contributed by atoms with van der Waals surface area (Å²) in [5.74, 6) is -0.668. The Bertz CT molecular complexity index is 904. The second kappa shape index (κ2) is 9.58. The quantitative estimate of drug-likeness (QED) is 0.765. The number of halogens is 1. The molecule has 6 nitrogen and oxygen atoms in total. The zero-order valence-corrected chi connectivity index (χ0v) is 17.3. The van der Waals surface area contributed by atoms with Crippen molar-refractivity contribution < 1.29 is 14.3 Å². The molecule has 1 fully saturated rings. The summed E-state index contributed by atoms with van der Waals surface area (Å²) in [6, 6.07) is 14.5. The predicted octanol–water partition coefficient (Wildman–Crippen LogP) is 3.04. The molecule has 0 unspecified atom stereocenters. The molecule has 152 valence electrons. The fraction of sp³-hybridized carbons (Fsp3) is 0.273. The number of benzene rings is 2. The summed E-state index contributed by atoms with van der Waals surface area (Å²) in [6.45, 7) is 1.93. The first-order chi connectivity index (χ1) is 14.0. The van der Waals surface area contributed by atoms with Gasteiger partial charge < -0.3 is 19.9 Å². The molecule has 3 rings (SSSR count). The van der Waals surface area contributed by atoms with E-state index in [2.05, 4.69) is 5.32 Å². The molecule has 2 aromatic carbocycles. The van der Waals surface area contributed by atoms with Gasteiger partial charge in [0.25, 0.3) is 11.8 Å². The summed E-state index contributed by atoms with van der Waals surface area (Å²) in [5.41, 5.74) is 2.38. The van der Waals surface area contributed by atoms with Crippen LogP contribution in [0.3, 0.4) is 0 Å². The van der Waals surface area contributed by atoms with Crippen molar-refractivity contribution in [3.05, 3.63) is 70.4 Å². The van der Waals surface area contributed by atoms with Gasteiger partial charge in [0.15, 0.2) is 0 Å². The maximum Gasteiger partial charge on any atom is 0.270 e. The van der Waals surface area contributed by atoms with Gasteiger partial charge in [0.05, 0.1) is 23.8 Å². The lowest BCUT2D eigenvalue weighted by molar-refractivity contribution is -0.131. The van der Waals surface area contributed by atoms with Gasteiger partial charge in [-0.15, -0.1) is 0 Å². The summed E-state index contributed by atoms with van der Waals surface area (Å²) >= 11 is 6.14. The molecule has 0 aliphatic carbocycles. The Kier molecular flexibility index (Phi) is 6.90. The minimum absolute atomic E-state index is 0.203. The molecular weight excluding hydrogens is 390 g/mol. The minimum Gasteiger partial charge on any atom is -0.378 e. The summed E-state index contributed by atoms with van der Waals surface area (Å²) in [4.78, 5) is 29.5. The number of carbonyl (C=O) groups is 2. The van der Waals surface area contributed by atoms with E-state index in [1.54, 1.807) is 35.2 Å². The molecule has 0 radical (unpaired) electrons. The fourth-order valence-electron chi connectivity index (χ4n) is 2.96. The molecule has 2 amide bonds. The number of hydrogen-bond donors (Lipinski definition) is 1. The third kappa shape index (κ3) is 5.37. The van der Waals surface area contributed by atoms with Crippen molar-refractivity contribution in [2.24, 2.45) is 0 Å². The molecule has 29 heavy (non-hydrogen) atoms. The van der Waals surface area contributed by atoms with Crippen molar-refractivity contribution in [3.8, 4) is 0 Å². The Morgan fingerprint density at radius 3 is 2.34 bits per heavy atom. The number of nitrogens with one attached hydrogen (secondary N) is 1. The van der Waals surface area contributed by atoms with Crippen LogP contribution in [0.2, 0.25) is 5.02 Å². The first-order valence-corrected chi connectivity index (χ1v) is 9.75. The second-order valence-electron chi connectivity index (χ2n) is 6.88. The van der Waals surface area contributed by atoms with Crippen LogP contribution >= 0.6 is 11.6 Å². The molecule has 1 aliphatic heterocycles. The van der Waals surface area contributed by atoms with Crippen LogP contribution in [0.5, 0.6) is 0 Å². The fourth-order valence-corrected chi connectivity index (χ4v) is 3.18. The molecule has 1 saturated heterocycles. The summed E-state index contributed by atoms with van der Waals surface area (Å²) in [7, 11) is 3.92. The third-order valence-corrected chi connectivity index (χ3v) is 4.95. The third-order valence-electron chi connectivity index (χ3n) is 4.62. The van der Waals surface area contributed by atoms with Crippen molar-refractivity contribution >= 4 is 35.2 Å². The van der Waals surface area contributed by atoms with Gasteiger partial charge in [-0.1, -0.05) is 35.9 Å². The number of nitrogens with zero attached hydrogens (tertiary/aromatic N) is 2. The lowest BCUT2D eigenvalue weighted by Gasteiger charge is -2.28. The van der Waals surface area contributed by atoms with Crippen LogP contribution in [-0.2, 0) is 9.53 Å². The van der Waals surface area contributed by atoms with E-state index in [0.717, 1.165) is 11.3 Å². The van der Waals surface area contributed by atoms with Crippen LogP contribution in [0.15, 0.2) is 54.2 Å². The lowest BCUT2D eigenvalue weighted by atomic mass is 10.1. The number of morpholine rings is 1. The zero-order valence-electron chi connectivity index (χ0n) is 16.5. The van der Waals surface area contributed by atoms with E-state index in [-0.39, 0.29) is 11.6 Å². The van der Waals surface area contributed by atoms with Crippen molar-refractivity contribution in [3.63, 3.8) is 0 Å². The van der Waals surface area contributed by atoms with Gasteiger partial charge >= 0.3 is 0 Å². The van der Waals surface area contributed by atoms with E-state index < -0.39 is 5.91 Å². The highest BCUT2D eigenvalue weighted by molar-refractivity contribution is 6.34. The minimum atomic E-state index is -0.423. The highest BCUT2D eigenvalue weighted by atomic mass is 35.5. The van der Waals surface area contributed by atoms with Crippen LogP contribution < -0.4 is 10.2 Å². The normalized spacial score (nSPS) is 14.4. The molecule has 1 heterocycles. The Hall–Kier alpha value is -2.83. The maximum atomic E-state index is 13.1. The van der Waals surface area contributed by atoms with Gasteiger partial charge in [0, 0.05) is 32.9 Å². The number of carbonyl (C=O) groups excluding carboxylic acids is 2. The number of amides is 2. The summed E-state index contributed by atoms with van der Waals surface area (Å²) < 4.78 is 5.33. The molecule has 0 spiro atoms. The number of ether oxygens (including phenoxy) is 1. The van der Waals surface area contributed by atoms with Crippen LogP contribution in [-0.4, -0.2) is 57.1 Å². The number of anilines is 1. The highest BCUT2D eigenvalue weighted by Crippen LogP contribution is 2.18. The average Bonchev–Trinajstić information content (AvgIpc) is 2.74. The average molecular weight is 414 g/mol. The van der Waals surface area contributed by atoms with Gasteiger partial charge in [-0.2, -0.15) is 0 Å². The van der Waals surface area contributed by atoms with E-state index in [1.165, 1.54) is 0 Å². The standard InChI is InChI=1S/C22H24ClN3O3/c1-25(2)17-9-7-16(8-10-17)15-20(22(28)26-11-13-29-14-12-26)24-21(27)18-5-3-4-6-19(18)23/h3-10,15H,11-14H2,1-2H3,(H,24,27). The monoisotopic (exact) mass is 413 g/mol. The van der Waals surface area contributed by atoms with Gasteiger partial charge in [0.2, 0.25) is 0 Å². The van der Waals surface area contributed by atoms with Crippen molar-refractivity contribution in [1.82, 2.24) is 10.2 Å². The summed E-state index contributed by atoms with van der Waals surface area (Å²) in [6.07, 6.45) is 1.69. The molecule has 0 saturated carbocycles. The molecule has 0 atom stereocenters. The van der Waals surface area contributed by atoms with E-state index in [4.69, 9.17) is 16.3 Å². The van der Waals surface area contributed by atoms with Crippen LogP contribution in [0, 0.1) is 0 Å². The van der Waals surface area contributed by atoms with Crippen LogP contribution in [0.1, 0.15) is 15.9 Å². The largest absolute Gasteiger partial charge is 0.378 e. The van der Waals surface area contributed by atoms with E-state index in [0.29, 0.717) is 36.9 Å². The second-order valence-corrected chi connectivity index (χ2v) is 7.29. The SMILES string of the molecule is CN(C)c1ccc(C=C(NC(=O)c2ccccc2Cl)C(=O)N2CCOCC2)cc1. The molecule has 1 aliphatic rings. The molecular formula is C22H24ClN3O3. The molecule has 1 N–H and O–H groups in total. The lowest BCUT2D eigenvalue weighted by Crippen LogP contribution is -2.44. The highest BCUT2D eigenvalue weighted by Gasteiger charge is 2.23. The smallest absolute Gasteiger partial charge is 0.270 e. The number of rotatable bonds is 5. The van der Waals surface area contributed by atoms with Gasteiger partial charge in [-0.3, -0.25) is 9.59 Å². The topological polar surface area (TPSA) is 61.9 Å². The van der Waals surface area contributed by atoms with E-state index >= 15 is 0 Å². The molecule has 2 aromatic rings. The van der Waals surface area contributed by atoms with Crippen molar-refractivity contribution in [1.29, 1.82) is 0 Å². The van der Waals surface area contributed by atoms with Gasteiger partial charge in [-0.05, 0) is 35.9 Å². The van der Waals surface area contributed by atoms with Gasteiger partial charge in [0.1, 0.15) is 5.70 Å². The van der Waals surface area contributed by atoms with E-state index in [9.17, 15) is 9.59 Å². The Morgan fingerprint density at radius 1 is 1.07 bits per heavy atom. The number of hydrogen-bond acceptors (Lipinski definition) is 4. The summed E-state index contributed by atoms with van der Waals surface area (Å²) in [5, 5.41) is 3.08.